The third-order valence-electron chi connectivity index (χ3n) is 5.06. The van der Waals surface area contributed by atoms with Gasteiger partial charge in [0.25, 0.3) is 0 Å². The highest BCUT2D eigenvalue weighted by Crippen LogP contribution is 2.40. The van der Waals surface area contributed by atoms with Gasteiger partial charge >= 0.3 is 0 Å². The van der Waals surface area contributed by atoms with Crippen molar-refractivity contribution in [3.8, 4) is 0 Å². The van der Waals surface area contributed by atoms with Crippen molar-refractivity contribution in [2.24, 2.45) is 0 Å². The monoisotopic (exact) mass is 376 g/mol. The minimum atomic E-state index is -0.456. The van der Waals surface area contributed by atoms with Crippen LogP contribution in [-0.2, 0) is 19.7 Å². The Morgan fingerprint density at radius 2 is 1.81 bits per heavy atom. The summed E-state index contributed by atoms with van der Waals surface area (Å²) in [6.07, 6.45) is 0. The van der Waals surface area contributed by atoms with Gasteiger partial charge in [0.05, 0.1) is 19.0 Å². The van der Waals surface area contributed by atoms with Crippen molar-refractivity contribution >= 4 is 23.6 Å². The van der Waals surface area contributed by atoms with Gasteiger partial charge in [-0.05, 0) is 23.5 Å². The molecule has 2 saturated heterocycles. The topological polar surface area (TPSA) is 49.9 Å². The molecule has 0 bridgehead atoms. The van der Waals surface area contributed by atoms with Crippen molar-refractivity contribution < 1.29 is 14.3 Å². The SMILES string of the molecule is CC(C(=O)N1CCOCC1)N1C(=O)CSC1c1ccc(C(C)(C)C)cc1. The van der Waals surface area contributed by atoms with Crippen molar-refractivity contribution in [2.75, 3.05) is 32.1 Å². The van der Waals surface area contributed by atoms with Gasteiger partial charge in [0.2, 0.25) is 11.8 Å². The summed E-state index contributed by atoms with van der Waals surface area (Å²) < 4.78 is 5.33. The molecule has 0 radical (unpaired) electrons. The lowest BCUT2D eigenvalue weighted by molar-refractivity contribution is -0.146. The summed E-state index contributed by atoms with van der Waals surface area (Å²) >= 11 is 1.60. The fourth-order valence-electron chi connectivity index (χ4n) is 3.43. The van der Waals surface area contributed by atoms with Gasteiger partial charge in [-0.3, -0.25) is 9.59 Å². The van der Waals surface area contributed by atoms with E-state index >= 15 is 0 Å². The van der Waals surface area contributed by atoms with Crippen molar-refractivity contribution in [1.29, 1.82) is 0 Å². The van der Waals surface area contributed by atoms with Crippen LogP contribution < -0.4 is 0 Å². The zero-order valence-corrected chi connectivity index (χ0v) is 16.8. The third-order valence-corrected chi connectivity index (χ3v) is 6.29. The Labute approximate surface area is 160 Å². The summed E-state index contributed by atoms with van der Waals surface area (Å²) in [4.78, 5) is 29.0. The zero-order chi connectivity index (χ0) is 18.9. The lowest BCUT2D eigenvalue weighted by Gasteiger charge is -2.35. The van der Waals surface area contributed by atoms with E-state index in [1.54, 1.807) is 16.7 Å². The van der Waals surface area contributed by atoms with E-state index in [9.17, 15) is 9.59 Å². The number of nitrogens with zero attached hydrogens (tertiary/aromatic N) is 2. The first-order chi connectivity index (χ1) is 12.3. The van der Waals surface area contributed by atoms with Crippen LogP contribution in [0.5, 0.6) is 0 Å². The Kier molecular flexibility index (Phi) is 5.63. The number of amides is 2. The van der Waals surface area contributed by atoms with E-state index in [4.69, 9.17) is 4.74 Å². The lowest BCUT2D eigenvalue weighted by atomic mass is 9.86. The van der Waals surface area contributed by atoms with E-state index in [0.717, 1.165) is 5.56 Å². The second kappa shape index (κ2) is 7.61. The normalized spacial score (nSPS) is 22.6. The van der Waals surface area contributed by atoms with Crippen LogP contribution in [-0.4, -0.2) is 59.7 Å². The summed E-state index contributed by atoms with van der Waals surface area (Å²) in [5.41, 5.74) is 2.44. The number of ether oxygens (including phenoxy) is 1. The first-order valence-electron chi connectivity index (χ1n) is 9.19. The average molecular weight is 377 g/mol. The quantitative estimate of drug-likeness (QED) is 0.814. The summed E-state index contributed by atoms with van der Waals surface area (Å²) in [6.45, 7) is 10.7. The number of benzene rings is 1. The molecule has 0 N–H and O–H groups in total. The number of rotatable bonds is 3. The summed E-state index contributed by atoms with van der Waals surface area (Å²) in [5.74, 6) is 0.473. The van der Waals surface area contributed by atoms with Crippen LogP contribution in [0, 0.1) is 0 Å². The fraction of sp³-hybridized carbons (Fsp3) is 0.600. The van der Waals surface area contributed by atoms with Crippen LogP contribution in [0.3, 0.4) is 0 Å². The molecule has 142 valence electrons. The molecule has 2 heterocycles. The highest BCUT2D eigenvalue weighted by atomic mass is 32.2. The molecule has 2 aliphatic heterocycles. The van der Waals surface area contributed by atoms with E-state index in [1.807, 2.05) is 11.8 Å². The van der Waals surface area contributed by atoms with Crippen molar-refractivity contribution in [3.05, 3.63) is 35.4 Å². The average Bonchev–Trinajstić information content (AvgIpc) is 3.02. The maximum absolute atomic E-state index is 12.9. The molecule has 0 aliphatic carbocycles. The molecule has 2 unspecified atom stereocenters. The minimum Gasteiger partial charge on any atom is -0.378 e. The Hall–Kier alpha value is -1.53. The second-order valence-electron chi connectivity index (χ2n) is 7.95. The molecule has 6 heteroatoms. The van der Waals surface area contributed by atoms with Crippen LogP contribution in [0.15, 0.2) is 24.3 Å². The number of thioether (sulfide) groups is 1. The number of hydrogen-bond donors (Lipinski definition) is 0. The molecule has 26 heavy (non-hydrogen) atoms. The molecule has 1 aromatic rings. The van der Waals surface area contributed by atoms with Gasteiger partial charge in [0, 0.05) is 13.1 Å². The smallest absolute Gasteiger partial charge is 0.245 e. The molecule has 0 spiro atoms. The Morgan fingerprint density at radius 3 is 2.38 bits per heavy atom. The second-order valence-corrected chi connectivity index (χ2v) is 9.02. The molecule has 2 atom stereocenters. The fourth-order valence-corrected chi connectivity index (χ4v) is 4.69. The number of morpholine rings is 1. The first-order valence-corrected chi connectivity index (χ1v) is 10.2. The molecular formula is C20H28N2O3S. The third kappa shape index (κ3) is 3.91. The number of hydrogen-bond acceptors (Lipinski definition) is 4. The Balaban J connectivity index is 1.78. The van der Waals surface area contributed by atoms with Crippen LogP contribution in [0.25, 0.3) is 0 Å². The molecular weight excluding hydrogens is 348 g/mol. The lowest BCUT2D eigenvalue weighted by Crippen LogP contribution is -2.51. The first kappa shape index (κ1) is 19.2. The van der Waals surface area contributed by atoms with Crippen LogP contribution in [0.4, 0.5) is 0 Å². The molecule has 5 nitrogen and oxygen atoms in total. The van der Waals surface area contributed by atoms with E-state index in [2.05, 4.69) is 45.0 Å². The van der Waals surface area contributed by atoms with Crippen molar-refractivity contribution in [1.82, 2.24) is 9.80 Å². The maximum atomic E-state index is 12.9. The summed E-state index contributed by atoms with van der Waals surface area (Å²) in [6, 6.07) is 7.99. The number of carbonyl (C=O) groups excluding carboxylic acids is 2. The van der Waals surface area contributed by atoms with E-state index < -0.39 is 6.04 Å². The molecule has 2 fully saturated rings. The predicted molar refractivity (Wildman–Crippen MR) is 104 cm³/mol. The van der Waals surface area contributed by atoms with Gasteiger partial charge in [-0.2, -0.15) is 0 Å². The van der Waals surface area contributed by atoms with Gasteiger partial charge in [0.15, 0.2) is 0 Å². The highest BCUT2D eigenvalue weighted by molar-refractivity contribution is 8.00. The predicted octanol–water partition coefficient (Wildman–Crippen LogP) is 2.81. The van der Waals surface area contributed by atoms with Gasteiger partial charge in [-0.15, -0.1) is 11.8 Å². The highest BCUT2D eigenvalue weighted by Gasteiger charge is 2.40. The Morgan fingerprint density at radius 1 is 1.19 bits per heavy atom. The van der Waals surface area contributed by atoms with Crippen molar-refractivity contribution in [3.63, 3.8) is 0 Å². The summed E-state index contributed by atoms with van der Waals surface area (Å²) in [7, 11) is 0. The molecule has 2 amide bonds. The van der Waals surface area contributed by atoms with E-state index in [0.29, 0.717) is 32.1 Å². The number of carbonyl (C=O) groups is 2. The zero-order valence-electron chi connectivity index (χ0n) is 16.0. The molecule has 3 rings (SSSR count). The van der Waals surface area contributed by atoms with Crippen LogP contribution in [0.2, 0.25) is 0 Å². The van der Waals surface area contributed by atoms with Crippen LogP contribution >= 0.6 is 11.8 Å². The maximum Gasteiger partial charge on any atom is 0.245 e. The molecule has 0 saturated carbocycles. The van der Waals surface area contributed by atoms with E-state index in [-0.39, 0.29) is 22.6 Å². The summed E-state index contributed by atoms with van der Waals surface area (Å²) in [5, 5.41) is -0.100. The molecule has 1 aromatic carbocycles. The van der Waals surface area contributed by atoms with Gasteiger partial charge in [-0.25, -0.2) is 0 Å². The largest absolute Gasteiger partial charge is 0.378 e. The van der Waals surface area contributed by atoms with Gasteiger partial charge in [0.1, 0.15) is 11.4 Å². The molecule has 2 aliphatic rings. The van der Waals surface area contributed by atoms with E-state index in [1.165, 1.54) is 5.56 Å². The Bertz CT molecular complexity index is 663. The minimum absolute atomic E-state index is 0.0143. The molecule has 0 aromatic heterocycles. The van der Waals surface area contributed by atoms with Crippen LogP contribution in [0.1, 0.15) is 44.2 Å². The standard InChI is InChI=1S/C20H28N2O3S/c1-14(18(24)21-9-11-25-12-10-21)22-17(23)13-26-19(22)15-5-7-16(8-6-15)20(2,3)4/h5-8,14,19H,9-13H2,1-4H3. The van der Waals surface area contributed by atoms with Gasteiger partial charge in [-0.1, -0.05) is 45.0 Å². The van der Waals surface area contributed by atoms with Crippen molar-refractivity contribution in [2.45, 2.75) is 44.5 Å². The van der Waals surface area contributed by atoms with Gasteiger partial charge < -0.3 is 14.5 Å².